The zero-order chi connectivity index (χ0) is 13.3. The predicted octanol–water partition coefficient (Wildman–Crippen LogP) is 1.75. The Balaban J connectivity index is 2.10. The molecule has 1 aliphatic rings. The quantitative estimate of drug-likeness (QED) is 0.777. The predicted molar refractivity (Wildman–Crippen MR) is 55.1 cm³/mol. The Morgan fingerprint density at radius 1 is 1.17 bits per heavy atom. The van der Waals surface area contributed by atoms with Gasteiger partial charge >= 0.3 is 12.1 Å². The smallest absolute Gasteiger partial charge is 0.351 e. The first-order chi connectivity index (χ1) is 8.40. The van der Waals surface area contributed by atoms with Gasteiger partial charge in [-0.25, -0.2) is 0 Å². The first-order valence-corrected chi connectivity index (χ1v) is 5.00. The number of carbonyl (C=O) groups is 2. The molecule has 1 amide bonds. The van der Waals surface area contributed by atoms with Crippen molar-refractivity contribution in [3.63, 3.8) is 0 Å². The Morgan fingerprint density at radius 2 is 1.83 bits per heavy atom. The van der Waals surface area contributed by atoms with Crippen molar-refractivity contribution < 1.29 is 27.5 Å². The maximum absolute atomic E-state index is 11.9. The fraction of sp³-hybridized carbons (Fsp3) is 0.273. The first-order valence-electron chi connectivity index (χ1n) is 5.00. The topological polar surface area (TPSA) is 46.6 Å². The van der Waals surface area contributed by atoms with Crippen molar-refractivity contribution in [3.8, 4) is 0 Å². The van der Waals surface area contributed by atoms with Gasteiger partial charge in [0.05, 0.1) is 11.3 Å². The zero-order valence-electron chi connectivity index (χ0n) is 9.03. The molecule has 1 aromatic carbocycles. The highest BCUT2D eigenvalue weighted by molar-refractivity contribution is 6.52. The average Bonchev–Trinajstić information content (AvgIpc) is 2.53. The summed E-state index contributed by atoms with van der Waals surface area (Å²) in [7, 11) is 0. The molecule has 1 aliphatic heterocycles. The van der Waals surface area contributed by atoms with Gasteiger partial charge in [-0.15, -0.1) is 0 Å². The lowest BCUT2D eigenvalue weighted by atomic mass is 10.1. The summed E-state index contributed by atoms with van der Waals surface area (Å²) < 4.78 is 40.1. The lowest BCUT2D eigenvalue weighted by Gasteiger charge is -2.17. The van der Waals surface area contributed by atoms with E-state index in [1.165, 1.54) is 12.1 Å². The molecule has 18 heavy (non-hydrogen) atoms. The van der Waals surface area contributed by atoms with E-state index < -0.39 is 31.2 Å². The van der Waals surface area contributed by atoms with E-state index >= 15 is 0 Å². The fourth-order valence-electron chi connectivity index (χ4n) is 1.63. The molecule has 0 unspecified atom stereocenters. The summed E-state index contributed by atoms with van der Waals surface area (Å²) >= 11 is 0. The van der Waals surface area contributed by atoms with Crippen molar-refractivity contribution >= 4 is 17.4 Å². The molecule has 2 rings (SSSR count). The van der Waals surface area contributed by atoms with Gasteiger partial charge in [0, 0.05) is 0 Å². The molecule has 0 radical (unpaired) electrons. The monoisotopic (exact) mass is 259 g/mol. The van der Waals surface area contributed by atoms with Gasteiger partial charge in [0.1, 0.15) is 13.3 Å². The number of carbonyl (C=O) groups excluding carboxylic acids is 2. The Morgan fingerprint density at radius 3 is 2.50 bits per heavy atom. The molecule has 0 bridgehead atoms. The number of ketones is 1. The van der Waals surface area contributed by atoms with Crippen molar-refractivity contribution in [2.45, 2.75) is 6.18 Å². The minimum absolute atomic E-state index is 0.179. The third-order valence-electron chi connectivity index (χ3n) is 2.36. The number of para-hydroxylation sites is 1. The summed E-state index contributed by atoms with van der Waals surface area (Å²) in [6.07, 6.45) is -4.47. The minimum Gasteiger partial charge on any atom is -0.351 e. The van der Waals surface area contributed by atoms with Crippen LogP contribution in [0.5, 0.6) is 0 Å². The summed E-state index contributed by atoms with van der Waals surface area (Å²) in [5, 5.41) is 0. The molecule has 0 saturated heterocycles. The number of Topliss-reactive ketones (excluding diaryl/α,β-unsaturated/α-hetero) is 1. The average molecular weight is 259 g/mol. The summed E-state index contributed by atoms with van der Waals surface area (Å²) in [6.45, 7) is -2.06. The maximum atomic E-state index is 11.9. The molecule has 1 heterocycles. The molecule has 0 fully saturated rings. The van der Waals surface area contributed by atoms with Gasteiger partial charge in [-0.1, -0.05) is 12.1 Å². The minimum atomic E-state index is -4.47. The van der Waals surface area contributed by atoms with E-state index in [-0.39, 0.29) is 11.3 Å². The standard InChI is InChI=1S/C11H8F3NO3/c12-11(13,14)5-18-6-15-8-4-2-1-3-7(8)9(16)10(15)17/h1-4H,5-6H2. The van der Waals surface area contributed by atoms with Gasteiger partial charge in [-0.3, -0.25) is 14.5 Å². The normalized spacial score (nSPS) is 15.2. The van der Waals surface area contributed by atoms with Crippen LogP contribution in [0, 0.1) is 0 Å². The highest BCUT2D eigenvalue weighted by Gasteiger charge is 2.36. The van der Waals surface area contributed by atoms with E-state index in [1.807, 2.05) is 0 Å². The fourth-order valence-corrected chi connectivity index (χ4v) is 1.63. The van der Waals surface area contributed by atoms with E-state index in [1.54, 1.807) is 12.1 Å². The molecule has 1 aromatic rings. The van der Waals surface area contributed by atoms with Crippen LogP contribution in [0.2, 0.25) is 0 Å². The van der Waals surface area contributed by atoms with Crippen LogP contribution < -0.4 is 4.90 Å². The van der Waals surface area contributed by atoms with Gasteiger partial charge in [-0.2, -0.15) is 13.2 Å². The first kappa shape index (κ1) is 12.6. The van der Waals surface area contributed by atoms with Crippen molar-refractivity contribution in [1.29, 1.82) is 0 Å². The van der Waals surface area contributed by atoms with Crippen LogP contribution in [0.1, 0.15) is 10.4 Å². The molecule has 0 aromatic heterocycles. The van der Waals surface area contributed by atoms with Gasteiger partial charge in [0.25, 0.3) is 5.78 Å². The summed E-state index contributed by atoms with van der Waals surface area (Å²) in [6, 6.07) is 6.08. The molecule has 0 saturated carbocycles. The number of amides is 1. The molecule has 0 spiro atoms. The SMILES string of the molecule is O=C1C(=O)N(COCC(F)(F)F)c2ccccc21. The molecule has 0 N–H and O–H groups in total. The molecule has 96 valence electrons. The third-order valence-corrected chi connectivity index (χ3v) is 2.36. The Kier molecular flexibility index (Phi) is 3.08. The van der Waals surface area contributed by atoms with Crippen molar-refractivity contribution in [2.75, 3.05) is 18.2 Å². The number of anilines is 1. The van der Waals surface area contributed by atoms with Crippen LogP contribution in [0.3, 0.4) is 0 Å². The third kappa shape index (κ3) is 2.35. The number of hydrogen-bond donors (Lipinski definition) is 0. The second kappa shape index (κ2) is 4.41. The van der Waals surface area contributed by atoms with E-state index in [2.05, 4.69) is 4.74 Å². The van der Waals surface area contributed by atoms with Gasteiger partial charge in [-0.05, 0) is 12.1 Å². The van der Waals surface area contributed by atoms with Crippen LogP contribution in [0.4, 0.5) is 18.9 Å². The Labute approximate surface area is 99.9 Å². The molecular formula is C11H8F3NO3. The molecule has 4 nitrogen and oxygen atoms in total. The number of alkyl halides is 3. The molecule has 0 atom stereocenters. The number of fused-ring (bicyclic) bond motifs is 1. The van der Waals surface area contributed by atoms with E-state index in [0.29, 0.717) is 0 Å². The summed E-state index contributed by atoms with van der Waals surface area (Å²) in [5.41, 5.74) is 0.452. The molecule has 7 heteroatoms. The number of halogens is 3. The number of benzene rings is 1. The lowest BCUT2D eigenvalue weighted by molar-refractivity contribution is -0.174. The van der Waals surface area contributed by atoms with E-state index in [9.17, 15) is 22.8 Å². The summed E-state index contributed by atoms with van der Waals surface area (Å²) in [4.78, 5) is 23.9. The van der Waals surface area contributed by atoms with Crippen LogP contribution in [-0.2, 0) is 9.53 Å². The molecular weight excluding hydrogens is 251 g/mol. The van der Waals surface area contributed by atoms with Crippen LogP contribution in [0.25, 0.3) is 0 Å². The second-order valence-electron chi connectivity index (χ2n) is 3.67. The number of hydrogen-bond acceptors (Lipinski definition) is 3. The van der Waals surface area contributed by atoms with Crippen molar-refractivity contribution in [2.24, 2.45) is 0 Å². The number of rotatable bonds is 3. The van der Waals surface area contributed by atoms with Gasteiger partial charge < -0.3 is 4.74 Å². The number of nitrogens with zero attached hydrogens (tertiary/aromatic N) is 1. The van der Waals surface area contributed by atoms with Crippen molar-refractivity contribution in [3.05, 3.63) is 29.8 Å². The maximum Gasteiger partial charge on any atom is 0.411 e. The highest BCUT2D eigenvalue weighted by Crippen LogP contribution is 2.28. The van der Waals surface area contributed by atoms with Gasteiger partial charge in [0.2, 0.25) is 0 Å². The number of ether oxygens (including phenoxy) is 1. The second-order valence-corrected chi connectivity index (χ2v) is 3.67. The van der Waals surface area contributed by atoms with Crippen LogP contribution >= 0.6 is 0 Å². The van der Waals surface area contributed by atoms with E-state index in [4.69, 9.17) is 0 Å². The van der Waals surface area contributed by atoms with E-state index in [0.717, 1.165) is 4.90 Å². The highest BCUT2D eigenvalue weighted by atomic mass is 19.4. The van der Waals surface area contributed by atoms with Crippen LogP contribution in [-0.4, -0.2) is 31.2 Å². The van der Waals surface area contributed by atoms with Crippen LogP contribution in [0.15, 0.2) is 24.3 Å². The Hall–Kier alpha value is -1.89. The van der Waals surface area contributed by atoms with Crippen molar-refractivity contribution in [1.82, 2.24) is 0 Å². The molecule has 0 aliphatic carbocycles. The van der Waals surface area contributed by atoms with Gasteiger partial charge in [0.15, 0.2) is 0 Å². The zero-order valence-corrected chi connectivity index (χ0v) is 9.03. The largest absolute Gasteiger partial charge is 0.411 e. The lowest BCUT2D eigenvalue weighted by Crippen LogP contribution is -2.33. The Bertz CT molecular complexity index is 499. The summed E-state index contributed by atoms with van der Waals surface area (Å²) in [5.74, 6) is -1.61.